The van der Waals surface area contributed by atoms with Gasteiger partial charge in [-0.25, -0.2) is 0 Å². The van der Waals surface area contributed by atoms with Crippen LogP contribution in [0, 0.1) is 23.7 Å². The largest absolute Gasteiger partial charge is 0.103 e. The van der Waals surface area contributed by atoms with Crippen molar-refractivity contribution >= 4 is 0 Å². The van der Waals surface area contributed by atoms with Crippen molar-refractivity contribution in [3.05, 3.63) is 37.5 Å². The van der Waals surface area contributed by atoms with Gasteiger partial charge in [-0.15, -0.1) is 13.2 Å². The first-order valence-corrected chi connectivity index (χ1v) is 9.03. The lowest BCUT2D eigenvalue weighted by molar-refractivity contribution is 0.644. The summed E-state index contributed by atoms with van der Waals surface area (Å²) in [7, 11) is 0. The van der Waals surface area contributed by atoms with Gasteiger partial charge in [0.2, 0.25) is 0 Å². The average Bonchev–Trinajstić information content (AvgIpc) is 2.35. The van der Waals surface area contributed by atoms with Gasteiger partial charge in [0, 0.05) is 0 Å². The highest BCUT2D eigenvalue weighted by atomic mass is 14.0. The quantitative estimate of drug-likeness (QED) is 0.398. The van der Waals surface area contributed by atoms with E-state index in [1.54, 1.807) is 0 Å². The van der Waals surface area contributed by atoms with Crippen LogP contribution < -0.4 is 0 Å². The third kappa shape index (κ3) is 42.7. The van der Waals surface area contributed by atoms with E-state index in [1.807, 2.05) is 12.2 Å². The Bertz CT molecular complexity index is 215. The first-order chi connectivity index (χ1) is 10.2. The summed E-state index contributed by atoms with van der Waals surface area (Å²) in [6, 6.07) is 0. The molecule has 132 valence electrons. The maximum absolute atomic E-state index is 3.60. The summed E-state index contributed by atoms with van der Waals surface area (Å²) in [6.07, 6.45) is 13.2. The van der Waals surface area contributed by atoms with Crippen LogP contribution in [0.2, 0.25) is 0 Å². The van der Waals surface area contributed by atoms with Crippen LogP contribution in [-0.2, 0) is 0 Å². The molecule has 0 saturated heterocycles. The molecule has 0 unspecified atom stereocenters. The van der Waals surface area contributed by atoms with Gasteiger partial charge < -0.3 is 0 Å². The summed E-state index contributed by atoms with van der Waals surface area (Å²) in [5, 5.41) is 0. The molecule has 0 bridgehead atoms. The Hall–Kier alpha value is -0.780. The van der Waals surface area contributed by atoms with Crippen LogP contribution >= 0.6 is 0 Å². The molecule has 0 atom stereocenters. The lowest BCUT2D eigenvalue weighted by Gasteiger charge is -1.98. The van der Waals surface area contributed by atoms with Gasteiger partial charge in [-0.1, -0.05) is 79.7 Å². The average molecular weight is 309 g/mol. The van der Waals surface area contributed by atoms with Crippen LogP contribution in [0.1, 0.15) is 81.1 Å². The molecular formula is C22H44. The maximum atomic E-state index is 3.60. The first-order valence-electron chi connectivity index (χ1n) is 9.03. The SMILES string of the molecule is C=CCC(C)C.C=CCC(C)C.CC(C)CC=CCC(C)C. The summed E-state index contributed by atoms with van der Waals surface area (Å²) in [4.78, 5) is 0. The van der Waals surface area contributed by atoms with Gasteiger partial charge in [-0.2, -0.15) is 0 Å². The van der Waals surface area contributed by atoms with Crippen LogP contribution in [0.15, 0.2) is 37.5 Å². The fourth-order valence-electron chi connectivity index (χ4n) is 1.40. The van der Waals surface area contributed by atoms with Gasteiger partial charge in [0.25, 0.3) is 0 Å². The lowest BCUT2D eigenvalue weighted by Crippen LogP contribution is -1.84. The van der Waals surface area contributed by atoms with E-state index >= 15 is 0 Å². The predicted molar refractivity (Wildman–Crippen MR) is 107 cm³/mol. The Morgan fingerprint density at radius 3 is 0.818 bits per heavy atom. The summed E-state index contributed by atoms with van der Waals surface area (Å²) in [5.74, 6) is 3.18. The Labute approximate surface area is 142 Å². The summed E-state index contributed by atoms with van der Waals surface area (Å²) >= 11 is 0. The van der Waals surface area contributed by atoms with E-state index in [9.17, 15) is 0 Å². The van der Waals surface area contributed by atoms with Crippen molar-refractivity contribution in [3.8, 4) is 0 Å². The van der Waals surface area contributed by atoms with Crippen LogP contribution in [-0.4, -0.2) is 0 Å². The minimum atomic E-state index is 0.780. The molecule has 0 heteroatoms. The van der Waals surface area contributed by atoms with E-state index in [-0.39, 0.29) is 0 Å². The van der Waals surface area contributed by atoms with Crippen LogP contribution in [0.25, 0.3) is 0 Å². The zero-order valence-electron chi connectivity index (χ0n) is 16.9. The molecule has 0 spiro atoms. The molecule has 0 radical (unpaired) electrons. The second-order valence-corrected chi connectivity index (χ2v) is 7.57. The predicted octanol–water partition coefficient (Wildman–Crippen LogP) is 8.07. The van der Waals surface area contributed by atoms with Crippen LogP contribution in [0.4, 0.5) is 0 Å². The Balaban J connectivity index is -0.000000261. The molecule has 0 aromatic heterocycles. The van der Waals surface area contributed by atoms with Crippen molar-refractivity contribution in [1.82, 2.24) is 0 Å². The van der Waals surface area contributed by atoms with E-state index in [2.05, 4.69) is 80.7 Å². The van der Waals surface area contributed by atoms with Crippen LogP contribution in [0.5, 0.6) is 0 Å². The molecule has 0 heterocycles. The van der Waals surface area contributed by atoms with E-state index in [1.165, 1.54) is 12.8 Å². The molecule has 0 aliphatic rings. The molecule has 0 aliphatic carbocycles. The summed E-state index contributed by atoms with van der Waals surface area (Å²) < 4.78 is 0. The van der Waals surface area contributed by atoms with Crippen molar-refractivity contribution in [2.75, 3.05) is 0 Å². The van der Waals surface area contributed by atoms with Crippen molar-refractivity contribution < 1.29 is 0 Å². The van der Waals surface area contributed by atoms with E-state index in [0.29, 0.717) is 0 Å². The molecule has 0 aliphatic heterocycles. The summed E-state index contributed by atoms with van der Waals surface area (Å²) in [6.45, 7) is 24.9. The second kappa shape index (κ2) is 20.2. The fraction of sp³-hybridized carbons (Fsp3) is 0.727. The zero-order valence-corrected chi connectivity index (χ0v) is 16.9. The topological polar surface area (TPSA) is 0 Å². The third-order valence-corrected chi connectivity index (χ3v) is 2.66. The molecule has 0 rings (SSSR count). The van der Waals surface area contributed by atoms with Gasteiger partial charge in [-0.05, 0) is 49.4 Å². The maximum Gasteiger partial charge on any atom is -0.0327 e. The molecule has 0 fully saturated rings. The highest BCUT2D eigenvalue weighted by Gasteiger charge is 1.89. The van der Waals surface area contributed by atoms with E-state index < -0.39 is 0 Å². The molecule has 0 nitrogen and oxygen atoms in total. The van der Waals surface area contributed by atoms with Crippen molar-refractivity contribution in [1.29, 1.82) is 0 Å². The van der Waals surface area contributed by atoms with E-state index in [0.717, 1.165) is 36.5 Å². The molecule has 0 N–H and O–H groups in total. The highest BCUT2D eigenvalue weighted by Crippen LogP contribution is 2.04. The lowest BCUT2D eigenvalue weighted by atomic mass is 10.1. The first kappa shape index (κ1) is 26.1. The molecule has 0 amide bonds. The number of allylic oxidation sites excluding steroid dienone is 4. The zero-order chi connectivity index (χ0) is 18.0. The van der Waals surface area contributed by atoms with Crippen molar-refractivity contribution in [3.63, 3.8) is 0 Å². The van der Waals surface area contributed by atoms with Gasteiger partial charge >= 0.3 is 0 Å². The number of rotatable bonds is 8. The summed E-state index contributed by atoms with van der Waals surface area (Å²) in [5.41, 5.74) is 0. The number of hydrogen-bond donors (Lipinski definition) is 0. The van der Waals surface area contributed by atoms with Gasteiger partial charge in [0.15, 0.2) is 0 Å². The number of hydrogen-bond acceptors (Lipinski definition) is 0. The normalized spacial score (nSPS) is 10.5. The smallest absolute Gasteiger partial charge is 0.0327 e. The molecule has 0 aromatic rings. The van der Waals surface area contributed by atoms with Crippen molar-refractivity contribution in [2.24, 2.45) is 23.7 Å². The Morgan fingerprint density at radius 1 is 0.500 bits per heavy atom. The minimum absolute atomic E-state index is 0.780. The monoisotopic (exact) mass is 308 g/mol. The standard InChI is InChI=1S/C10H20.2C6H12/c1-9(2)7-5-6-8-10(3)4;2*1-4-5-6(2)3/h5-6,9-10H,7-8H2,1-4H3;2*4,6H,1,5H2,2-3H3. The molecular weight excluding hydrogens is 264 g/mol. The minimum Gasteiger partial charge on any atom is -0.103 e. The molecule has 22 heavy (non-hydrogen) atoms. The van der Waals surface area contributed by atoms with Crippen molar-refractivity contribution in [2.45, 2.75) is 81.1 Å². The third-order valence-electron chi connectivity index (χ3n) is 2.66. The Kier molecular flexibility index (Phi) is 24.0. The van der Waals surface area contributed by atoms with Crippen LogP contribution in [0.3, 0.4) is 0 Å². The Morgan fingerprint density at radius 2 is 0.727 bits per heavy atom. The van der Waals surface area contributed by atoms with E-state index in [4.69, 9.17) is 0 Å². The highest BCUT2D eigenvalue weighted by molar-refractivity contribution is 4.83. The fourth-order valence-corrected chi connectivity index (χ4v) is 1.40. The second-order valence-electron chi connectivity index (χ2n) is 7.57. The molecule has 0 aromatic carbocycles. The van der Waals surface area contributed by atoms with Gasteiger partial charge in [-0.3, -0.25) is 0 Å². The van der Waals surface area contributed by atoms with Gasteiger partial charge in [0.1, 0.15) is 0 Å². The molecule has 0 saturated carbocycles. The van der Waals surface area contributed by atoms with Gasteiger partial charge in [0.05, 0.1) is 0 Å².